The van der Waals surface area contributed by atoms with Gasteiger partial charge in [0.2, 0.25) is 17.4 Å². The van der Waals surface area contributed by atoms with Crippen LogP contribution in [0.1, 0.15) is 45.4 Å². The fourth-order valence-corrected chi connectivity index (χ4v) is 6.92. The van der Waals surface area contributed by atoms with Crippen molar-refractivity contribution in [3.8, 4) is 5.75 Å². The van der Waals surface area contributed by atoms with E-state index in [4.69, 9.17) is 15.7 Å². The molecule has 1 aliphatic heterocycles. The molecule has 1 aliphatic rings. The van der Waals surface area contributed by atoms with E-state index in [1.807, 2.05) is 13.0 Å². The lowest BCUT2D eigenvalue weighted by Gasteiger charge is -2.37. The average molecular weight is 704 g/mol. The molecule has 266 valence electrons. The molecule has 5 rings (SSSR count). The highest BCUT2D eigenvalue weighted by Gasteiger charge is 2.25. The van der Waals surface area contributed by atoms with Gasteiger partial charge in [-0.3, -0.25) is 4.90 Å². The van der Waals surface area contributed by atoms with Crippen LogP contribution in [0.4, 0.5) is 33.9 Å². The normalized spacial score (nSPS) is 14.8. The maximum atomic E-state index is 13.9. The van der Waals surface area contributed by atoms with Crippen molar-refractivity contribution in [2.75, 3.05) is 69.8 Å². The lowest BCUT2D eigenvalue weighted by molar-refractivity contribution is 0.220. The molecule has 0 radical (unpaired) electrons. The Morgan fingerprint density at radius 1 is 1.02 bits per heavy atom. The van der Waals surface area contributed by atoms with Crippen molar-refractivity contribution in [2.24, 2.45) is 5.92 Å². The summed E-state index contributed by atoms with van der Waals surface area (Å²) in [4.78, 5) is 28.8. The Hall–Kier alpha value is -3.62. The lowest BCUT2D eigenvalue weighted by Crippen LogP contribution is -2.47. The molecule has 0 saturated carbocycles. The third-order valence-electron chi connectivity index (χ3n) is 8.81. The number of thioether (sulfide) groups is 1. The third kappa shape index (κ3) is 8.76. The van der Waals surface area contributed by atoms with Crippen molar-refractivity contribution >= 4 is 50.5 Å². The maximum Gasteiger partial charge on any atom is 0.372 e. The third-order valence-corrected chi connectivity index (χ3v) is 9.86. The standard InChI is InChI=1S/C35H45F4N7O2S/c1-5-6-9-28-42-31-32(46(28)13-8-7-12-43(3)4)24-18-23(10-11-27(24)41-34(31)40)45-16-14-44(15-17-45)20-22(2)21-49-35(47)48-33-29(38)25(36)19-26(37)30(33)39/h10-11,18-19,22H,5-9,12-17,20-21H2,1-4H3,(H2,40,41). The van der Waals surface area contributed by atoms with Gasteiger partial charge in [-0.1, -0.05) is 20.3 Å². The molecular formula is C35H45F4N7O2S. The number of nitrogens with zero attached hydrogens (tertiary/aromatic N) is 6. The van der Waals surface area contributed by atoms with Gasteiger partial charge in [-0.15, -0.1) is 0 Å². The first-order valence-corrected chi connectivity index (χ1v) is 17.8. The molecular weight excluding hydrogens is 658 g/mol. The van der Waals surface area contributed by atoms with Crippen LogP contribution in [0.25, 0.3) is 21.9 Å². The van der Waals surface area contributed by atoms with Crippen molar-refractivity contribution in [3.05, 3.63) is 53.4 Å². The molecule has 1 saturated heterocycles. The van der Waals surface area contributed by atoms with Crippen molar-refractivity contribution in [2.45, 2.75) is 52.5 Å². The highest BCUT2D eigenvalue weighted by Crippen LogP contribution is 2.33. The first-order chi connectivity index (χ1) is 23.5. The molecule has 2 aromatic heterocycles. The van der Waals surface area contributed by atoms with Gasteiger partial charge in [0, 0.05) is 68.6 Å². The summed E-state index contributed by atoms with van der Waals surface area (Å²) in [5, 5.41) is 0.0128. The van der Waals surface area contributed by atoms with E-state index in [2.05, 4.69) is 57.2 Å². The van der Waals surface area contributed by atoms with E-state index >= 15 is 0 Å². The summed E-state index contributed by atoms with van der Waals surface area (Å²) in [6, 6.07) is 6.41. The van der Waals surface area contributed by atoms with Crippen LogP contribution >= 0.6 is 11.8 Å². The van der Waals surface area contributed by atoms with Gasteiger partial charge < -0.3 is 24.8 Å². The number of piperazine rings is 1. The molecule has 0 spiro atoms. The number of ether oxygens (including phenoxy) is 1. The predicted octanol–water partition coefficient (Wildman–Crippen LogP) is 7.10. The maximum absolute atomic E-state index is 13.9. The predicted molar refractivity (Wildman–Crippen MR) is 188 cm³/mol. The van der Waals surface area contributed by atoms with Crippen LogP contribution in [0.15, 0.2) is 24.3 Å². The van der Waals surface area contributed by atoms with Crippen LogP contribution in [0.2, 0.25) is 0 Å². The van der Waals surface area contributed by atoms with Gasteiger partial charge in [0.05, 0.1) is 11.0 Å². The van der Waals surface area contributed by atoms with Gasteiger partial charge >= 0.3 is 5.30 Å². The largest absolute Gasteiger partial charge is 0.412 e. The monoisotopic (exact) mass is 703 g/mol. The summed E-state index contributed by atoms with van der Waals surface area (Å²) in [5.41, 5.74) is 10.2. The van der Waals surface area contributed by atoms with Gasteiger partial charge in [-0.2, -0.15) is 8.78 Å². The summed E-state index contributed by atoms with van der Waals surface area (Å²) in [6.45, 7) is 9.95. The van der Waals surface area contributed by atoms with E-state index < -0.39 is 34.3 Å². The second-order valence-electron chi connectivity index (χ2n) is 13.0. The van der Waals surface area contributed by atoms with Crippen molar-refractivity contribution in [3.63, 3.8) is 0 Å². The second kappa shape index (κ2) is 16.4. The summed E-state index contributed by atoms with van der Waals surface area (Å²) in [6.07, 6.45) is 5.16. The van der Waals surface area contributed by atoms with E-state index in [1.54, 1.807) is 0 Å². The number of imidazole rings is 1. The Morgan fingerprint density at radius 2 is 1.73 bits per heavy atom. The number of hydrogen-bond donors (Lipinski definition) is 1. The average Bonchev–Trinajstić information content (AvgIpc) is 3.45. The van der Waals surface area contributed by atoms with E-state index in [1.165, 1.54) is 0 Å². The smallest absolute Gasteiger partial charge is 0.372 e. The molecule has 2 N–H and O–H groups in total. The first kappa shape index (κ1) is 36.7. The number of carbonyl (C=O) groups is 1. The van der Waals surface area contributed by atoms with E-state index in [0.29, 0.717) is 29.9 Å². The van der Waals surface area contributed by atoms with Crippen molar-refractivity contribution < 1.29 is 27.1 Å². The summed E-state index contributed by atoms with van der Waals surface area (Å²) >= 11 is 0.711. The van der Waals surface area contributed by atoms with E-state index in [-0.39, 0.29) is 12.0 Å². The van der Waals surface area contributed by atoms with Gasteiger partial charge in [0.25, 0.3) is 0 Å². The number of aryl methyl sites for hydroxylation is 2. The SMILES string of the molecule is CCCCc1nc2c(N)nc3ccc(N4CCN(CC(C)CSC(=O)Oc5c(F)c(F)cc(F)c5F)CC4)cc3c2n1CCCCN(C)C. The minimum atomic E-state index is -1.74. The second-order valence-corrected chi connectivity index (χ2v) is 14.0. The van der Waals surface area contributed by atoms with Gasteiger partial charge in [0.1, 0.15) is 11.3 Å². The Morgan fingerprint density at radius 3 is 2.41 bits per heavy atom. The summed E-state index contributed by atoms with van der Waals surface area (Å²) in [7, 11) is 4.19. The molecule has 14 heteroatoms. The zero-order valence-corrected chi connectivity index (χ0v) is 29.4. The van der Waals surface area contributed by atoms with Crippen LogP contribution in [0.5, 0.6) is 5.75 Å². The molecule has 4 aromatic rings. The molecule has 9 nitrogen and oxygen atoms in total. The molecule has 1 atom stereocenters. The highest BCUT2D eigenvalue weighted by atomic mass is 32.2. The quantitative estimate of drug-likeness (QED) is 0.0639. The van der Waals surface area contributed by atoms with E-state index in [0.717, 1.165) is 105 Å². The number of rotatable bonds is 14. The molecule has 0 amide bonds. The number of fused-ring (bicyclic) bond motifs is 3. The number of anilines is 2. The van der Waals surface area contributed by atoms with Crippen molar-refractivity contribution in [1.82, 2.24) is 24.3 Å². The highest BCUT2D eigenvalue weighted by molar-refractivity contribution is 8.13. The Bertz CT molecular complexity index is 1750. The fourth-order valence-electron chi connectivity index (χ4n) is 6.25. The van der Waals surface area contributed by atoms with Crippen molar-refractivity contribution in [1.29, 1.82) is 0 Å². The number of carbonyl (C=O) groups excluding carboxylic acids is 1. The van der Waals surface area contributed by atoms with Gasteiger partial charge in [-0.05, 0) is 75.8 Å². The lowest BCUT2D eigenvalue weighted by atomic mass is 10.1. The fraction of sp³-hybridized carbons (Fsp3) is 0.514. The minimum Gasteiger partial charge on any atom is -0.412 e. The molecule has 2 aromatic carbocycles. The number of hydrogen-bond acceptors (Lipinski definition) is 9. The zero-order valence-electron chi connectivity index (χ0n) is 28.6. The Labute approximate surface area is 288 Å². The number of nitrogens with two attached hydrogens (primary N) is 1. The Kier molecular flexibility index (Phi) is 12.3. The number of halogens is 4. The van der Waals surface area contributed by atoms with Crippen LogP contribution in [-0.4, -0.2) is 88.8 Å². The molecule has 0 bridgehead atoms. The summed E-state index contributed by atoms with van der Waals surface area (Å²) < 4.78 is 61.6. The number of unbranched alkanes of at least 4 members (excludes halogenated alkanes) is 2. The zero-order chi connectivity index (χ0) is 35.2. The van der Waals surface area contributed by atoms with Crippen LogP contribution in [0.3, 0.4) is 0 Å². The number of pyridine rings is 1. The van der Waals surface area contributed by atoms with Crippen LogP contribution in [0, 0.1) is 29.2 Å². The number of nitrogen functional groups attached to an aromatic ring is 1. The topological polar surface area (TPSA) is 92.7 Å². The molecule has 0 aliphatic carbocycles. The Balaban J connectivity index is 1.22. The molecule has 1 fully saturated rings. The molecule has 3 heterocycles. The van der Waals surface area contributed by atoms with Gasteiger partial charge in [-0.25, -0.2) is 23.5 Å². The first-order valence-electron chi connectivity index (χ1n) is 16.8. The molecule has 49 heavy (non-hydrogen) atoms. The van der Waals surface area contributed by atoms with E-state index in [9.17, 15) is 22.4 Å². The molecule has 1 unspecified atom stereocenters. The minimum absolute atomic E-state index is 0.0356. The van der Waals surface area contributed by atoms with Crippen LogP contribution < -0.4 is 15.4 Å². The van der Waals surface area contributed by atoms with Crippen LogP contribution in [-0.2, 0) is 13.0 Å². The van der Waals surface area contributed by atoms with Gasteiger partial charge in [0.15, 0.2) is 17.5 Å². The number of aromatic nitrogens is 3. The summed E-state index contributed by atoms with van der Waals surface area (Å²) in [5.74, 6) is -6.26. The number of benzene rings is 2.